The molecule has 0 saturated heterocycles. The Labute approximate surface area is 153 Å². The zero-order chi connectivity index (χ0) is 17.9. The fraction of sp³-hybridized carbons (Fsp3) is 0.0526. The molecule has 0 aliphatic heterocycles. The van der Waals surface area contributed by atoms with Crippen LogP contribution in [0.25, 0.3) is 34.3 Å². The van der Waals surface area contributed by atoms with Gasteiger partial charge in [0.05, 0.1) is 18.5 Å². The molecule has 0 unspecified atom stereocenters. The van der Waals surface area contributed by atoms with Crippen molar-refractivity contribution in [1.82, 2.24) is 20.2 Å². The van der Waals surface area contributed by atoms with E-state index < -0.39 is 0 Å². The first-order chi connectivity index (χ1) is 12.7. The first-order valence-corrected chi connectivity index (χ1v) is 7.96. The van der Waals surface area contributed by atoms with Crippen molar-refractivity contribution in [3.05, 3.63) is 66.4 Å². The van der Waals surface area contributed by atoms with E-state index in [0.29, 0.717) is 17.3 Å². The molecule has 7 heteroatoms. The number of nitrogen functional groups attached to an aromatic ring is 1. The Morgan fingerprint density at radius 3 is 2.54 bits per heavy atom. The van der Waals surface area contributed by atoms with E-state index in [1.54, 1.807) is 6.20 Å². The van der Waals surface area contributed by atoms with Gasteiger partial charge in [-0.05, 0) is 23.8 Å². The lowest BCUT2D eigenvalue weighted by Gasteiger charge is -2.05. The van der Waals surface area contributed by atoms with Gasteiger partial charge in [0.15, 0.2) is 11.5 Å². The highest BCUT2D eigenvalue weighted by atomic mass is 16.4. The molecule has 4 aromatic rings. The van der Waals surface area contributed by atoms with Crippen molar-refractivity contribution in [1.29, 1.82) is 0 Å². The summed E-state index contributed by atoms with van der Waals surface area (Å²) in [5, 5.41) is 17.4. The van der Waals surface area contributed by atoms with Crippen LogP contribution in [-0.4, -0.2) is 25.3 Å². The average Bonchev–Trinajstić information content (AvgIpc) is 3.19. The number of nitrogens with zero attached hydrogens (tertiary/aromatic N) is 4. The third-order valence-corrected chi connectivity index (χ3v) is 3.85. The molecule has 0 atom stereocenters. The van der Waals surface area contributed by atoms with Gasteiger partial charge in [-0.2, -0.15) is 0 Å². The van der Waals surface area contributed by atoms with E-state index in [-0.39, 0.29) is 22.6 Å². The van der Waals surface area contributed by atoms with Gasteiger partial charge in [-0.15, -0.1) is 10.2 Å². The first-order valence-electron chi connectivity index (χ1n) is 7.96. The van der Waals surface area contributed by atoms with E-state index in [1.165, 1.54) is 0 Å². The molecule has 0 bridgehead atoms. The Morgan fingerprint density at radius 1 is 0.962 bits per heavy atom. The third kappa shape index (κ3) is 3.03. The second-order valence-electron chi connectivity index (χ2n) is 5.63. The molecule has 0 radical (unpaired) electrons. The predicted molar refractivity (Wildman–Crippen MR) is 103 cm³/mol. The molecule has 0 fully saturated rings. The van der Waals surface area contributed by atoms with Crippen molar-refractivity contribution in [2.24, 2.45) is 0 Å². The van der Waals surface area contributed by atoms with Crippen LogP contribution < -0.4 is 5.73 Å². The van der Waals surface area contributed by atoms with Crippen LogP contribution >= 0.6 is 0 Å². The van der Waals surface area contributed by atoms with E-state index in [1.807, 2.05) is 54.6 Å². The van der Waals surface area contributed by atoms with Gasteiger partial charge in [0, 0.05) is 15.4 Å². The fourth-order valence-corrected chi connectivity index (χ4v) is 2.54. The van der Waals surface area contributed by atoms with Crippen LogP contribution in [0.2, 0.25) is 0 Å². The lowest BCUT2D eigenvalue weighted by Crippen LogP contribution is -1.99. The number of aliphatic hydroxyl groups is 1. The number of hydrogen-bond acceptors (Lipinski definition) is 7. The highest BCUT2D eigenvalue weighted by molar-refractivity contribution is 5.69. The molecule has 0 amide bonds. The van der Waals surface area contributed by atoms with Crippen LogP contribution in [0.15, 0.2) is 65.2 Å². The molecule has 2 aromatic heterocycles. The zero-order valence-corrected chi connectivity index (χ0v) is 13.7. The molecule has 4 rings (SSSR count). The van der Waals surface area contributed by atoms with Crippen LogP contribution in [-0.2, 0) is 6.61 Å². The topological polar surface area (TPSA) is 111 Å². The van der Waals surface area contributed by atoms with Crippen molar-refractivity contribution in [3.8, 4) is 34.3 Å². The molecule has 7 nitrogen and oxygen atoms in total. The Balaban J connectivity index is 0.00000140. The number of aromatic nitrogens is 4. The number of hydrogen-bond donors (Lipinski definition) is 2. The van der Waals surface area contributed by atoms with Crippen molar-refractivity contribution >= 4 is 5.82 Å². The van der Waals surface area contributed by atoms with E-state index in [2.05, 4.69) is 20.2 Å². The third-order valence-electron chi connectivity index (χ3n) is 3.85. The van der Waals surface area contributed by atoms with Gasteiger partial charge in [0.2, 0.25) is 5.89 Å². The maximum Gasteiger partial charge on any atom is 0.270 e. The summed E-state index contributed by atoms with van der Waals surface area (Å²) < 4.78 is 5.73. The maximum atomic E-state index is 9.31. The minimum absolute atomic E-state index is 0. The summed E-state index contributed by atoms with van der Waals surface area (Å²) in [5.74, 6) is 0.791. The highest BCUT2D eigenvalue weighted by Gasteiger charge is 2.16. The highest BCUT2D eigenvalue weighted by Crippen LogP contribution is 2.28. The van der Waals surface area contributed by atoms with Gasteiger partial charge >= 0.3 is 0 Å². The molecule has 2 heterocycles. The lowest BCUT2D eigenvalue weighted by molar-refractivity contribution is 0.282. The van der Waals surface area contributed by atoms with Crippen LogP contribution in [0.4, 0.5) is 5.82 Å². The van der Waals surface area contributed by atoms with E-state index >= 15 is 0 Å². The fourth-order valence-electron chi connectivity index (χ4n) is 2.54. The Morgan fingerprint density at radius 2 is 1.73 bits per heavy atom. The van der Waals surface area contributed by atoms with Gasteiger partial charge in [-0.25, -0.2) is 9.97 Å². The van der Waals surface area contributed by atoms with Gasteiger partial charge in [0.25, 0.3) is 5.89 Å². The van der Waals surface area contributed by atoms with Crippen molar-refractivity contribution in [3.63, 3.8) is 0 Å². The molecule has 0 aliphatic carbocycles. The van der Waals surface area contributed by atoms with E-state index in [4.69, 9.17) is 10.2 Å². The van der Waals surface area contributed by atoms with Crippen molar-refractivity contribution < 1.29 is 13.8 Å². The Kier molecular flexibility index (Phi) is 4.12. The van der Waals surface area contributed by atoms with Crippen molar-refractivity contribution in [2.75, 3.05) is 5.73 Å². The molecule has 3 N–H and O–H groups in total. The summed E-state index contributed by atoms with van der Waals surface area (Å²) in [7, 11) is 0. The van der Waals surface area contributed by atoms with Crippen LogP contribution in [0.3, 0.4) is 0 Å². The number of anilines is 1. The summed E-state index contributed by atoms with van der Waals surface area (Å²) in [4.78, 5) is 8.72. The van der Waals surface area contributed by atoms with Crippen LogP contribution in [0.1, 0.15) is 9.84 Å². The normalized spacial score (nSPS) is 10.8. The molecule has 26 heavy (non-hydrogen) atoms. The summed E-state index contributed by atoms with van der Waals surface area (Å²) in [6, 6.07) is 16.8. The predicted octanol–water partition coefficient (Wildman–Crippen LogP) is 3.67. The minimum atomic E-state index is -0.0484. The molecule has 0 spiro atoms. The van der Waals surface area contributed by atoms with Gasteiger partial charge in [0.1, 0.15) is 0 Å². The average molecular weight is 351 g/mol. The molecule has 134 valence electrons. The van der Waals surface area contributed by atoms with E-state index in [0.717, 1.165) is 16.7 Å². The Bertz CT molecular complexity index is 1060. The molecular formula is C19H21N5O2. The van der Waals surface area contributed by atoms with Gasteiger partial charge < -0.3 is 15.3 Å². The number of benzene rings is 2. The maximum absolute atomic E-state index is 9.31. The van der Waals surface area contributed by atoms with Gasteiger partial charge in [-0.1, -0.05) is 36.4 Å². The summed E-state index contributed by atoms with van der Waals surface area (Å²) in [6.07, 6.45) is 1.57. The SMILES string of the molecule is Nc1ncc(-c2cccc(CO)c2)nc1-c1nnc(-c2ccccc2)o1.[HH].[HH].[HH]. The zero-order valence-electron chi connectivity index (χ0n) is 13.7. The lowest BCUT2D eigenvalue weighted by atomic mass is 10.1. The number of nitrogens with two attached hydrogens (primary N) is 1. The summed E-state index contributed by atoms with van der Waals surface area (Å²) in [5.41, 5.74) is 9.30. The van der Waals surface area contributed by atoms with Crippen LogP contribution in [0, 0.1) is 0 Å². The molecule has 0 aliphatic rings. The summed E-state index contributed by atoms with van der Waals surface area (Å²) >= 11 is 0. The van der Waals surface area contributed by atoms with Crippen LogP contribution in [0.5, 0.6) is 0 Å². The Hall–Kier alpha value is -3.58. The quantitative estimate of drug-likeness (QED) is 0.577. The number of aliphatic hydroxyl groups excluding tert-OH is 1. The second-order valence-corrected chi connectivity index (χ2v) is 5.63. The standard InChI is InChI=1S/C19H15N5O2.3H2/c20-17-16(19-24-23-18(26-19)13-6-2-1-3-7-13)22-15(10-21-17)14-8-4-5-12(9-14)11-25;;;/h1-10,25H,11H2,(H2,20,21);3*1H. The second kappa shape index (κ2) is 6.73. The minimum Gasteiger partial charge on any atom is -0.414 e. The monoisotopic (exact) mass is 351 g/mol. The van der Waals surface area contributed by atoms with Gasteiger partial charge in [-0.3, -0.25) is 0 Å². The number of rotatable bonds is 4. The van der Waals surface area contributed by atoms with E-state index in [9.17, 15) is 5.11 Å². The molecule has 0 saturated carbocycles. The van der Waals surface area contributed by atoms with Crippen molar-refractivity contribution in [2.45, 2.75) is 6.61 Å². The molecule has 2 aromatic carbocycles. The molecular weight excluding hydrogens is 330 g/mol. The summed E-state index contributed by atoms with van der Waals surface area (Å²) in [6.45, 7) is -0.0484. The smallest absolute Gasteiger partial charge is 0.270 e. The first kappa shape index (κ1) is 15.9. The largest absolute Gasteiger partial charge is 0.414 e.